The van der Waals surface area contributed by atoms with Gasteiger partial charge in [-0.25, -0.2) is 4.98 Å². The monoisotopic (exact) mass is 228 g/mol. The number of anilines is 2. The average Bonchev–Trinajstić information content (AvgIpc) is 2.14. The lowest BCUT2D eigenvalue weighted by Crippen LogP contribution is -2.13. The lowest BCUT2D eigenvalue weighted by molar-refractivity contribution is -0.118. The minimum Gasteiger partial charge on any atom is -0.396 e. The first-order valence-corrected chi connectivity index (χ1v) is 4.90. The first-order valence-electron chi connectivity index (χ1n) is 4.53. The highest BCUT2D eigenvalue weighted by atomic mass is 35.5. The Labute approximate surface area is 92.8 Å². The third kappa shape index (κ3) is 4.03. The molecule has 82 valence electrons. The Morgan fingerprint density at radius 1 is 1.60 bits per heavy atom. The van der Waals surface area contributed by atoms with Gasteiger partial charge in [0.1, 0.15) is 5.82 Å². The predicted octanol–water partition coefficient (Wildman–Crippen LogP) is 0.995. The maximum absolute atomic E-state index is 10.5. The summed E-state index contributed by atoms with van der Waals surface area (Å²) < 4.78 is 0. The first-order chi connectivity index (χ1) is 7.09. The molecule has 0 radical (unpaired) electrons. The minimum atomic E-state index is -0.311. The zero-order valence-corrected chi connectivity index (χ0v) is 8.92. The zero-order chi connectivity index (χ0) is 11.3. The molecule has 15 heavy (non-hydrogen) atoms. The SMILES string of the molecule is NC(=O)CCCNc1ncc(Cl)cc1N. The van der Waals surface area contributed by atoms with E-state index >= 15 is 0 Å². The molecule has 0 saturated heterocycles. The lowest BCUT2D eigenvalue weighted by atomic mass is 10.3. The lowest BCUT2D eigenvalue weighted by Gasteiger charge is -2.07. The van der Waals surface area contributed by atoms with Crippen LogP contribution in [0, 0.1) is 0 Å². The molecule has 0 aliphatic heterocycles. The number of hydrogen-bond acceptors (Lipinski definition) is 4. The molecule has 0 bridgehead atoms. The number of carbonyl (C=O) groups excluding carboxylic acids is 1. The fourth-order valence-electron chi connectivity index (χ4n) is 1.07. The molecule has 0 saturated carbocycles. The van der Waals surface area contributed by atoms with Gasteiger partial charge >= 0.3 is 0 Å². The molecular formula is C9H13ClN4O. The van der Waals surface area contributed by atoms with Gasteiger partial charge in [0.25, 0.3) is 0 Å². The van der Waals surface area contributed by atoms with E-state index in [0.717, 1.165) is 0 Å². The largest absolute Gasteiger partial charge is 0.396 e. The van der Waals surface area contributed by atoms with Gasteiger partial charge in [0, 0.05) is 19.2 Å². The Morgan fingerprint density at radius 3 is 2.93 bits per heavy atom. The molecule has 1 amide bonds. The van der Waals surface area contributed by atoms with Crippen LogP contribution in [0.4, 0.5) is 11.5 Å². The second kappa shape index (κ2) is 5.41. The van der Waals surface area contributed by atoms with Crippen molar-refractivity contribution in [2.75, 3.05) is 17.6 Å². The van der Waals surface area contributed by atoms with Crippen LogP contribution in [0.25, 0.3) is 0 Å². The van der Waals surface area contributed by atoms with Crippen LogP contribution in [0.2, 0.25) is 5.02 Å². The van der Waals surface area contributed by atoms with Crippen LogP contribution in [0.5, 0.6) is 0 Å². The third-order valence-electron chi connectivity index (χ3n) is 1.78. The van der Waals surface area contributed by atoms with E-state index < -0.39 is 0 Å². The molecule has 0 aliphatic carbocycles. The van der Waals surface area contributed by atoms with Gasteiger partial charge in [-0.1, -0.05) is 11.6 Å². The number of rotatable bonds is 5. The van der Waals surface area contributed by atoms with E-state index in [-0.39, 0.29) is 5.91 Å². The number of hydrogen-bond donors (Lipinski definition) is 3. The van der Waals surface area contributed by atoms with Crippen LogP contribution in [0.1, 0.15) is 12.8 Å². The molecule has 5 nitrogen and oxygen atoms in total. The summed E-state index contributed by atoms with van der Waals surface area (Å²) in [6, 6.07) is 1.62. The number of nitrogens with zero attached hydrogens (tertiary/aromatic N) is 1. The molecule has 0 spiro atoms. The molecule has 0 atom stereocenters. The quantitative estimate of drug-likeness (QED) is 0.656. The van der Waals surface area contributed by atoms with Crippen LogP contribution >= 0.6 is 11.6 Å². The highest BCUT2D eigenvalue weighted by Gasteiger charge is 2.01. The highest BCUT2D eigenvalue weighted by Crippen LogP contribution is 2.19. The number of aromatic nitrogens is 1. The van der Waals surface area contributed by atoms with Gasteiger partial charge in [-0.15, -0.1) is 0 Å². The molecule has 5 N–H and O–H groups in total. The molecular weight excluding hydrogens is 216 g/mol. The summed E-state index contributed by atoms with van der Waals surface area (Å²) in [5.74, 6) is 0.262. The molecule has 1 aromatic heterocycles. The number of amides is 1. The fourth-order valence-corrected chi connectivity index (χ4v) is 1.24. The summed E-state index contributed by atoms with van der Waals surface area (Å²) in [5, 5.41) is 3.49. The molecule has 0 unspecified atom stereocenters. The van der Waals surface area contributed by atoms with Crippen LogP contribution < -0.4 is 16.8 Å². The number of pyridine rings is 1. The van der Waals surface area contributed by atoms with Gasteiger partial charge in [-0.2, -0.15) is 0 Å². The van der Waals surface area contributed by atoms with E-state index in [9.17, 15) is 4.79 Å². The summed E-state index contributed by atoms with van der Waals surface area (Å²) >= 11 is 5.69. The topological polar surface area (TPSA) is 94.0 Å². The Balaban J connectivity index is 2.40. The van der Waals surface area contributed by atoms with Crippen LogP contribution in [0.15, 0.2) is 12.3 Å². The number of nitrogens with two attached hydrogens (primary N) is 2. The van der Waals surface area contributed by atoms with E-state index in [2.05, 4.69) is 10.3 Å². The van der Waals surface area contributed by atoms with Crippen molar-refractivity contribution in [3.8, 4) is 0 Å². The summed E-state index contributed by atoms with van der Waals surface area (Å²) in [4.78, 5) is 14.5. The number of nitrogens with one attached hydrogen (secondary N) is 1. The van der Waals surface area contributed by atoms with E-state index in [1.54, 1.807) is 6.07 Å². The minimum absolute atomic E-state index is 0.311. The summed E-state index contributed by atoms with van der Waals surface area (Å²) in [6.07, 6.45) is 2.51. The summed E-state index contributed by atoms with van der Waals surface area (Å²) in [7, 11) is 0. The highest BCUT2D eigenvalue weighted by molar-refractivity contribution is 6.30. The van der Waals surface area contributed by atoms with Crippen molar-refractivity contribution in [3.05, 3.63) is 17.3 Å². The first kappa shape index (κ1) is 11.6. The maximum atomic E-state index is 10.5. The predicted molar refractivity (Wildman–Crippen MR) is 60.6 cm³/mol. The van der Waals surface area contributed by atoms with Crippen molar-refractivity contribution >= 4 is 29.0 Å². The smallest absolute Gasteiger partial charge is 0.217 e. The van der Waals surface area contributed by atoms with Crippen LogP contribution in [-0.2, 0) is 4.79 Å². The zero-order valence-electron chi connectivity index (χ0n) is 8.16. The van der Waals surface area contributed by atoms with Crippen molar-refractivity contribution in [1.29, 1.82) is 0 Å². The molecule has 1 rings (SSSR count). The van der Waals surface area contributed by atoms with E-state index in [4.69, 9.17) is 23.1 Å². The van der Waals surface area contributed by atoms with Crippen LogP contribution in [-0.4, -0.2) is 17.4 Å². The van der Waals surface area contributed by atoms with Crippen molar-refractivity contribution in [1.82, 2.24) is 4.98 Å². The van der Waals surface area contributed by atoms with Crippen LogP contribution in [0.3, 0.4) is 0 Å². The second-order valence-corrected chi connectivity index (χ2v) is 3.52. The van der Waals surface area contributed by atoms with Gasteiger partial charge in [-0.3, -0.25) is 4.79 Å². The molecule has 0 aliphatic rings. The van der Waals surface area contributed by atoms with Gasteiger partial charge in [-0.05, 0) is 12.5 Å². The normalized spacial score (nSPS) is 9.93. The Kier molecular flexibility index (Phi) is 4.17. The maximum Gasteiger partial charge on any atom is 0.217 e. The van der Waals surface area contributed by atoms with Crippen molar-refractivity contribution in [2.45, 2.75) is 12.8 Å². The Hall–Kier alpha value is -1.49. The molecule has 0 fully saturated rings. The van der Waals surface area contributed by atoms with Gasteiger partial charge < -0.3 is 16.8 Å². The molecule has 1 aromatic rings. The van der Waals surface area contributed by atoms with Crippen molar-refractivity contribution in [2.24, 2.45) is 5.73 Å². The van der Waals surface area contributed by atoms with E-state index in [1.165, 1.54) is 6.20 Å². The van der Waals surface area contributed by atoms with Crippen molar-refractivity contribution < 1.29 is 4.79 Å². The number of halogens is 1. The van der Waals surface area contributed by atoms with E-state index in [1.807, 2.05) is 0 Å². The Morgan fingerprint density at radius 2 is 2.33 bits per heavy atom. The van der Waals surface area contributed by atoms with Gasteiger partial charge in [0.05, 0.1) is 10.7 Å². The average molecular weight is 229 g/mol. The standard InChI is InChI=1S/C9H13ClN4O/c10-6-4-7(11)9(14-5-6)13-3-1-2-8(12)15/h4-5H,1-3,11H2,(H2,12,15)(H,13,14). The number of carbonyl (C=O) groups is 1. The summed E-state index contributed by atoms with van der Waals surface area (Å²) in [5.41, 5.74) is 11.1. The van der Waals surface area contributed by atoms with Crippen molar-refractivity contribution in [3.63, 3.8) is 0 Å². The molecule has 0 aromatic carbocycles. The van der Waals surface area contributed by atoms with E-state index in [0.29, 0.717) is 35.9 Å². The number of nitrogen functional groups attached to an aromatic ring is 1. The number of primary amides is 1. The van der Waals surface area contributed by atoms with Gasteiger partial charge in [0.2, 0.25) is 5.91 Å². The third-order valence-corrected chi connectivity index (χ3v) is 1.98. The fraction of sp³-hybridized carbons (Fsp3) is 0.333. The Bertz CT molecular complexity index is 356. The van der Waals surface area contributed by atoms with Gasteiger partial charge in [0.15, 0.2) is 0 Å². The molecule has 1 heterocycles. The summed E-state index contributed by atoms with van der Waals surface area (Å²) in [6.45, 7) is 0.599. The second-order valence-electron chi connectivity index (χ2n) is 3.09. The molecule has 6 heteroatoms.